The molecule has 0 atom stereocenters. The molecule has 0 aliphatic carbocycles. The van der Waals surface area contributed by atoms with E-state index in [1.54, 1.807) is 18.0 Å². The summed E-state index contributed by atoms with van der Waals surface area (Å²) in [6.07, 6.45) is 2.99. The first-order valence-electron chi connectivity index (χ1n) is 10.9. The van der Waals surface area contributed by atoms with E-state index in [4.69, 9.17) is 9.47 Å². The van der Waals surface area contributed by atoms with Gasteiger partial charge in [0.25, 0.3) is 5.56 Å². The zero-order chi connectivity index (χ0) is 23.9. The lowest BCUT2D eigenvalue weighted by atomic mass is 10.3. The van der Waals surface area contributed by atoms with Gasteiger partial charge >= 0.3 is 0 Å². The van der Waals surface area contributed by atoms with Crippen LogP contribution in [0.1, 0.15) is 6.42 Å². The quantitative estimate of drug-likeness (QED) is 0.484. The van der Waals surface area contributed by atoms with Crippen LogP contribution in [0.15, 0.2) is 40.4 Å². The average molecular weight is 489 g/mol. The predicted molar refractivity (Wildman–Crippen MR) is 120 cm³/mol. The number of sulfonamides is 1. The standard InChI is InChI=1S/C21H24N6O6S/c1-24-20-16(13-23-24)21(29)26(14-22-20)5-4-19(28)25-6-8-27(9-7-25)34(30,31)15-2-3-17-18(12-15)33-11-10-32-17/h2-3,12-14H,4-11H2,1H3. The van der Waals surface area contributed by atoms with Crippen LogP contribution in [0.4, 0.5) is 0 Å². The van der Waals surface area contributed by atoms with E-state index in [9.17, 15) is 18.0 Å². The van der Waals surface area contributed by atoms with Crippen LogP contribution in [0.2, 0.25) is 0 Å². The van der Waals surface area contributed by atoms with Gasteiger partial charge in [0, 0.05) is 52.3 Å². The second kappa shape index (κ2) is 8.72. The van der Waals surface area contributed by atoms with Crippen LogP contribution in [0.25, 0.3) is 11.0 Å². The van der Waals surface area contributed by atoms with Gasteiger partial charge in [-0.1, -0.05) is 0 Å². The molecule has 1 fully saturated rings. The third kappa shape index (κ3) is 4.01. The van der Waals surface area contributed by atoms with Crippen molar-refractivity contribution in [2.75, 3.05) is 39.4 Å². The van der Waals surface area contributed by atoms with Crippen molar-refractivity contribution in [3.63, 3.8) is 0 Å². The van der Waals surface area contributed by atoms with E-state index < -0.39 is 10.0 Å². The molecule has 12 nitrogen and oxygen atoms in total. The first kappa shape index (κ1) is 22.3. The highest BCUT2D eigenvalue weighted by molar-refractivity contribution is 7.89. The Bertz CT molecular complexity index is 1410. The summed E-state index contributed by atoms with van der Waals surface area (Å²) in [5.74, 6) is 0.794. The van der Waals surface area contributed by atoms with Gasteiger partial charge in [0.05, 0.1) is 17.4 Å². The number of aromatic nitrogens is 4. The maximum absolute atomic E-state index is 13.1. The van der Waals surface area contributed by atoms with Crippen molar-refractivity contribution >= 4 is 27.0 Å². The lowest BCUT2D eigenvalue weighted by Crippen LogP contribution is -2.50. The fourth-order valence-corrected chi connectivity index (χ4v) is 5.55. The highest BCUT2D eigenvalue weighted by Crippen LogP contribution is 2.33. The van der Waals surface area contributed by atoms with Crippen LogP contribution >= 0.6 is 0 Å². The molecule has 5 rings (SSSR count). The number of carbonyl (C=O) groups excluding carboxylic acids is 1. The molecule has 0 radical (unpaired) electrons. The molecular weight excluding hydrogens is 464 g/mol. The van der Waals surface area contributed by atoms with E-state index in [0.717, 1.165) is 0 Å². The number of rotatable bonds is 5. The molecular formula is C21H24N6O6S. The highest BCUT2D eigenvalue weighted by atomic mass is 32.2. The zero-order valence-corrected chi connectivity index (χ0v) is 19.4. The summed E-state index contributed by atoms with van der Waals surface area (Å²) in [5, 5.41) is 4.43. The van der Waals surface area contributed by atoms with Crippen molar-refractivity contribution in [3.05, 3.63) is 41.1 Å². The Morgan fingerprint density at radius 2 is 1.82 bits per heavy atom. The number of ether oxygens (including phenoxy) is 2. The molecule has 180 valence electrons. The lowest BCUT2D eigenvalue weighted by molar-refractivity contribution is -0.132. The molecule has 34 heavy (non-hydrogen) atoms. The second-order valence-corrected chi connectivity index (χ2v) is 10.0. The molecule has 13 heteroatoms. The Morgan fingerprint density at radius 3 is 2.59 bits per heavy atom. The summed E-state index contributed by atoms with van der Waals surface area (Å²) in [7, 11) is -2.02. The summed E-state index contributed by atoms with van der Waals surface area (Å²) < 4.78 is 41.4. The number of nitrogens with zero attached hydrogens (tertiary/aromatic N) is 6. The van der Waals surface area contributed by atoms with E-state index in [1.807, 2.05) is 0 Å². The van der Waals surface area contributed by atoms with Crippen LogP contribution in [0.5, 0.6) is 11.5 Å². The van der Waals surface area contributed by atoms with Gasteiger partial charge in [-0.25, -0.2) is 13.4 Å². The van der Waals surface area contributed by atoms with Crippen molar-refractivity contribution in [1.29, 1.82) is 0 Å². The van der Waals surface area contributed by atoms with Crippen molar-refractivity contribution < 1.29 is 22.7 Å². The minimum absolute atomic E-state index is 0.113. The van der Waals surface area contributed by atoms with Crippen LogP contribution in [0.3, 0.4) is 0 Å². The molecule has 3 aromatic rings. The third-order valence-electron chi connectivity index (χ3n) is 6.03. The summed E-state index contributed by atoms with van der Waals surface area (Å²) in [6.45, 7) is 1.91. The van der Waals surface area contributed by atoms with Crippen molar-refractivity contribution in [3.8, 4) is 11.5 Å². The minimum Gasteiger partial charge on any atom is -0.486 e. The van der Waals surface area contributed by atoms with Crippen LogP contribution in [0, 0.1) is 0 Å². The molecule has 0 N–H and O–H groups in total. The molecule has 0 unspecified atom stereocenters. The molecule has 1 amide bonds. The number of carbonyl (C=O) groups is 1. The van der Waals surface area contributed by atoms with Gasteiger partial charge in [-0.2, -0.15) is 9.40 Å². The largest absolute Gasteiger partial charge is 0.486 e. The first-order valence-corrected chi connectivity index (χ1v) is 12.3. The summed E-state index contributed by atoms with van der Waals surface area (Å²) in [6, 6.07) is 4.58. The number of benzene rings is 1. The van der Waals surface area contributed by atoms with Crippen molar-refractivity contribution in [2.24, 2.45) is 7.05 Å². The van der Waals surface area contributed by atoms with Crippen molar-refractivity contribution in [1.82, 2.24) is 28.5 Å². The maximum Gasteiger partial charge on any atom is 0.264 e. The third-order valence-corrected chi connectivity index (χ3v) is 7.92. The summed E-state index contributed by atoms with van der Waals surface area (Å²) in [5.41, 5.74) is 0.240. The molecule has 2 aromatic heterocycles. The molecule has 0 saturated carbocycles. The van der Waals surface area contributed by atoms with Gasteiger partial charge in [-0.3, -0.25) is 18.8 Å². The molecule has 1 aromatic carbocycles. The van der Waals surface area contributed by atoms with Gasteiger partial charge < -0.3 is 14.4 Å². The van der Waals surface area contributed by atoms with Gasteiger partial charge in [0.1, 0.15) is 18.6 Å². The summed E-state index contributed by atoms with van der Waals surface area (Å²) in [4.78, 5) is 31.3. The number of piperazine rings is 1. The second-order valence-electron chi connectivity index (χ2n) is 8.09. The Hall–Kier alpha value is -3.45. The Kier molecular flexibility index (Phi) is 5.73. The Morgan fingerprint density at radius 1 is 1.09 bits per heavy atom. The number of hydrogen-bond donors (Lipinski definition) is 0. The normalized spacial score (nSPS) is 16.7. The molecule has 0 bridgehead atoms. The topological polar surface area (TPSA) is 129 Å². The number of aryl methyl sites for hydroxylation is 2. The smallest absolute Gasteiger partial charge is 0.264 e. The average Bonchev–Trinajstić information content (AvgIpc) is 3.24. The maximum atomic E-state index is 13.1. The van der Waals surface area contributed by atoms with E-state index >= 15 is 0 Å². The number of amides is 1. The van der Waals surface area contributed by atoms with Crippen LogP contribution in [-0.4, -0.2) is 82.3 Å². The van der Waals surface area contributed by atoms with Gasteiger partial charge in [-0.05, 0) is 12.1 Å². The lowest BCUT2D eigenvalue weighted by Gasteiger charge is -2.34. The molecule has 4 heterocycles. The number of fused-ring (bicyclic) bond motifs is 2. The Labute approximate surface area is 195 Å². The monoisotopic (exact) mass is 488 g/mol. The molecule has 2 aliphatic rings. The van der Waals surface area contributed by atoms with Gasteiger partial charge in [0.15, 0.2) is 17.1 Å². The van der Waals surface area contributed by atoms with E-state index in [-0.39, 0.29) is 55.5 Å². The summed E-state index contributed by atoms with van der Waals surface area (Å²) >= 11 is 0. The highest BCUT2D eigenvalue weighted by Gasteiger charge is 2.31. The first-order chi connectivity index (χ1) is 16.3. The molecule has 1 saturated heterocycles. The minimum atomic E-state index is -3.73. The molecule has 0 spiro atoms. The molecule has 2 aliphatic heterocycles. The van der Waals surface area contributed by atoms with Crippen LogP contribution < -0.4 is 15.0 Å². The van der Waals surface area contributed by atoms with Gasteiger partial charge in [0.2, 0.25) is 15.9 Å². The van der Waals surface area contributed by atoms with E-state index in [0.29, 0.717) is 35.7 Å². The number of hydrogen-bond acceptors (Lipinski definition) is 8. The fraction of sp³-hybridized carbons (Fsp3) is 0.429. The van der Waals surface area contributed by atoms with Crippen LogP contribution in [-0.2, 0) is 28.4 Å². The van der Waals surface area contributed by atoms with E-state index in [1.165, 1.54) is 38.2 Å². The van der Waals surface area contributed by atoms with Gasteiger partial charge in [-0.15, -0.1) is 0 Å². The fourth-order valence-electron chi connectivity index (χ4n) is 4.11. The van der Waals surface area contributed by atoms with Crippen molar-refractivity contribution in [2.45, 2.75) is 17.9 Å². The van der Waals surface area contributed by atoms with E-state index in [2.05, 4.69) is 10.1 Å². The SMILES string of the molecule is Cn1ncc2c(=O)n(CCC(=O)N3CCN(S(=O)(=O)c4ccc5c(c4)OCCO5)CC3)cnc21. The Balaban J connectivity index is 1.20. The zero-order valence-electron chi connectivity index (χ0n) is 18.6. The predicted octanol–water partition coefficient (Wildman–Crippen LogP) is -0.176.